The fourth-order valence-corrected chi connectivity index (χ4v) is 0.581. The van der Waals surface area contributed by atoms with Crippen molar-refractivity contribution in [2.75, 3.05) is 6.61 Å². The molecule has 0 heterocycles. The summed E-state index contributed by atoms with van der Waals surface area (Å²) in [4.78, 5) is 24.1. The van der Waals surface area contributed by atoms with Crippen molar-refractivity contribution in [1.82, 2.24) is 0 Å². The van der Waals surface area contributed by atoms with Crippen LogP contribution in [0.5, 0.6) is 0 Å². The third-order valence-corrected chi connectivity index (χ3v) is 1.01. The summed E-state index contributed by atoms with van der Waals surface area (Å²) < 4.78 is 4.03. The molecular formula is C2H10O4PbSi. The van der Waals surface area contributed by atoms with Gasteiger partial charge in [-0.3, -0.25) is 0 Å². The Kier molecular flexibility index (Phi) is 7.07. The summed E-state index contributed by atoms with van der Waals surface area (Å²) in [7, 11) is -4.16. The Labute approximate surface area is 68.8 Å². The Balaban J connectivity index is 0. The first-order chi connectivity index (χ1) is 3.06. The topological polar surface area (TPSA) is 69.9 Å². The van der Waals surface area contributed by atoms with Crippen LogP contribution < -0.4 is 0 Å². The van der Waals surface area contributed by atoms with E-state index in [0.29, 0.717) is 0 Å². The molecule has 0 atom stereocenters. The summed E-state index contributed by atoms with van der Waals surface area (Å²) in [6.45, 7) is 1.68. The predicted molar refractivity (Wildman–Crippen MR) is 32.6 cm³/mol. The van der Waals surface area contributed by atoms with Gasteiger partial charge in [0.2, 0.25) is 0 Å². The summed E-state index contributed by atoms with van der Waals surface area (Å²) >= 11 is 0. The van der Waals surface area contributed by atoms with E-state index in [9.17, 15) is 0 Å². The van der Waals surface area contributed by atoms with Gasteiger partial charge in [-0.1, -0.05) is 0 Å². The van der Waals surface area contributed by atoms with Gasteiger partial charge < -0.3 is 18.8 Å². The molecule has 0 aliphatic rings. The average molecular weight is 333 g/mol. The Morgan fingerprint density at radius 1 is 1.38 bits per heavy atom. The molecule has 0 bridgehead atoms. The molecule has 0 aliphatic heterocycles. The first-order valence-corrected chi connectivity index (χ1v) is 3.62. The van der Waals surface area contributed by atoms with E-state index in [1.165, 1.54) is 0 Å². The molecule has 0 aromatic carbocycles. The molecule has 8 heavy (non-hydrogen) atoms. The van der Waals surface area contributed by atoms with Crippen molar-refractivity contribution in [1.29, 1.82) is 0 Å². The zero-order valence-corrected chi connectivity index (χ0v) is 11.2. The molecule has 3 N–H and O–H groups in total. The summed E-state index contributed by atoms with van der Waals surface area (Å²) in [5.41, 5.74) is 0. The molecule has 0 aliphatic carbocycles. The van der Waals surface area contributed by atoms with Crippen LogP contribution in [0.15, 0.2) is 0 Å². The molecule has 4 nitrogen and oxygen atoms in total. The number of rotatable bonds is 2. The van der Waals surface area contributed by atoms with E-state index in [2.05, 4.69) is 4.43 Å². The fourth-order valence-electron chi connectivity index (χ4n) is 0.194. The molecule has 0 unspecified atom stereocenters. The van der Waals surface area contributed by atoms with Crippen LogP contribution in [-0.2, 0) is 4.43 Å². The molecule has 0 saturated heterocycles. The zero-order valence-electron chi connectivity index (χ0n) is 4.66. The van der Waals surface area contributed by atoms with Crippen LogP contribution in [0, 0.1) is 0 Å². The van der Waals surface area contributed by atoms with Gasteiger partial charge in [-0.15, -0.1) is 0 Å². The van der Waals surface area contributed by atoms with E-state index >= 15 is 0 Å². The van der Waals surface area contributed by atoms with Gasteiger partial charge in [0.15, 0.2) is 0 Å². The molecule has 0 spiro atoms. The van der Waals surface area contributed by atoms with Gasteiger partial charge in [0.1, 0.15) is 0 Å². The zero-order chi connectivity index (χ0) is 5.91. The van der Waals surface area contributed by atoms with E-state index in [4.69, 9.17) is 14.4 Å². The predicted octanol–water partition coefficient (Wildman–Crippen LogP) is -2.48. The Morgan fingerprint density at radius 3 is 1.75 bits per heavy atom. The van der Waals surface area contributed by atoms with Crippen molar-refractivity contribution in [2.24, 2.45) is 0 Å². The standard InChI is InChI=1S/C2H8O4Si.Pb.2H/c1-2-6-7(3,4)5;;;/h3-5H,2H2,1H3;;;. The van der Waals surface area contributed by atoms with Crippen LogP contribution >= 0.6 is 0 Å². The van der Waals surface area contributed by atoms with Gasteiger partial charge in [-0.2, -0.15) is 0 Å². The van der Waals surface area contributed by atoms with Crippen LogP contribution in [-0.4, -0.2) is 57.3 Å². The third-order valence-electron chi connectivity index (χ3n) is 0.338. The fraction of sp³-hybridized carbons (Fsp3) is 1.00. The van der Waals surface area contributed by atoms with Crippen molar-refractivity contribution in [2.45, 2.75) is 6.92 Å². The van der Waals surface area contributed by atoms with Crippen LogP contribution in [0.1, 0.15) is 6.92 Å². The van der Waals surface area contributed by atoms with Gasteiger partial charge in [0.25, 0.3) is 0 Å². The SMILES string of the molecule is CCO[Si](O)(O)O.[PbH2]. The van der Waals surface area contributed by atoms with Crippen LogP contribution in [0.2, 0.25) is 0 Å². The molecular weight excluding hydrogens is 323 g/mol. The van der Waals surface area contributed by atoms with Crippen molar-refractivity contribution in [3.63, 3.8) is 0 Å². The molecule has 0 aromatic rings. The second kappa shape index (κ2) is 4.82. The normalized spacial score (nSPS) is 10.5. The van der Waals surface area contributed by atoms with E-state index in [-0.39, 0.29) is 33.9 Å². The second-order valence-electron chi connectivity index (χ2n) is 1.01. The van der Waals surface area contributed by atoms with Crippen LogP contribution in [0.4, 0.5) is 0 Å². The molecule has 0 aromatic heterocycles. The molecule has 6 heteroatoms. The minimum atomic E-state index is -4.16. The molecule has 2 radical (unpaired) electrons. The second-order valence-corrected chi connectivity index (χ2v) is 2.44. The van der Waals surface area contributed by atoms with Gasteiger partial charge in [-0.05, 0) is 6.92 Å². The van der Waals surface area contributed by atoms with Gasteiger partial charge in [0.05, 0.1) is 0 Å². The van der Waals surface area contributed by atoms with E-state index < -0.39 is 9.05 Å². The van der Waals surface area contributed by atoms with Crippen LogP contribution in [0.25, 0.3) is 0 Å². The van der Waals surface area contributed by atoms with E-state index in [1.54, 1.807) is 6.92 Å². The summed E-state index contributed by atoms with van der Waals surface area (Å²) in [5, 5.41) is 0. The Morgan fingerprint density at radius 2 is 1.75 bits per heavy atom. The first-order valence-electron chi connectivity index (χ1n) is 1.87. The number of hydrogen-bond acceptors (Lipinski definition) is 4. The minimum absolute atomic E-state index is 0. The van der Waals surface area contributed by atoms with Gasteiger partial charge >= 0.3 is 36.3 Å². The van der Waals surface area contributed by atoms with Gasteiger partial charge in [-0.25, -0.2) is 0 Å². The van der Waals surface area contributed by atoms with E-state index in [1.807, 2.05) is 0 Å². The van der Waals surface area contributed by atoms with Crippen molar-refractivity contribution >= 4 is 36.3 Å². The molecule has 0 amide bonds. The first kappa shape index (κ1) is 11.7. The van der Waals surface area contributed by atoms with Crippen LogP contribution in [0.3, 0.4) is 0 Å². The Bertz CT molecular complexity index is 52.5. The summed E-state index contributed by atoms with van der Waals surface area (Å²) in [5.74, 6) is 0. The third kappa shape index (κ3) is 10.1. The average Bonchev–Trinajstić information content (AvgIpc) is 1.30. The molecule has 50 valence electrons. The van der Waals surface area contributed by atoms with Gasteiger partial charge in [0, 0.05) is 6.61 Å². The maximum absolute atomic E-state index is 8.05. The molecule has 0 fully saturated rings. The monoisotopic (exact) mass is 334 g/mol. The molecule has 0 saturated carbocycles. The Hall–Kier alpha value is 0.979. The van der Waals surface area contributed by atoms with Crippen molar-refractivity contribution in [3.8, 4) is 0 Å². The maximum atomic E-state index is 8.05. The van der Waals surface area contributed by atoms with E-state index in [0.717, 1.165) is 0 Å². The van der Waals surface area contributed by atoms with Crippen molar-refractivity contribution in [3.05, 3.63) is 0 Å². The van der Waals surface area contributed by atoms with Crippen molar-refractivity contribution < 1.29 is 18.8 Å². The summed E-state index contributed by atoms with van der Waals surface area (Å²) in [6, 6.07) is 0. The molecule has 0 rings (SSSR count). The number of hydrogen-bond donors (Lipinski definition) is 3. The summed E-state index contributed by atoms with van der Waals surface area (Å²) in [6.07, 6.45) is 0. The quantitative estimate of drug-likeness (QED) is 0.490.